The predicted molar refractivity (Wildman–Crippen MR) is 80.5 cm³/mol. The molecule has 1 heterocycles. The second-order valence-corrected chi connectivity index (χ2v) is 7.88. The third-order valence-electron chi connectivity index (χ3n) is 4.57. The number of carbonyl (C=O) groups is 1. The molecule has 4 heteroatoms. The molecule has 0 aromatic heterocycles. The molecule has 0 bridgehead atoms. The number of aliphatic hydroxyl groups is 1. The van der Waals surface area contributed by atoms with Crippen LogP contribution in [0.15, 0.2) is 0 Å². The van der Waals surface area contributed by atoms with Crippen molar-refractivity contribution in [3.05, 3.63) is 0 Å². The molecule has 1 fully saturated rings. The van der Waals surface area contributed by atoms with Crippen molar-refractivity contribution in [3.63, 3.8) is 0 Å². The summed E-state index contributed by atoms with van der Waals surface area (Å²) in [6.45, 7) is 15.2. The molecule has 0 aromatic rings. The summed E-state index contributed by atoms with van der Waals surface area (Å²) in [4.78, 5) is 13.3. The number of hydrogen-bond donors (Lipinski definition) is 1. The lowest BCUT2D eigenvalue weighted by Gasteiger charge is -2.57. The number of piperidine rings is 1. The maximum absolute atomic E-state index is 10.9. The number of carbonyl (C=O) groups excluding carboxylic acids is 1. The largest absolute Gasteiger partial charge is 0.465 e. The number of ether oxygens (including phenoxy) is 1. The van der Waals surface area contributed by atoms with Gasteiger partial charge in [-0.25, -0.2) is 0 Å². The Balaban J connectivity index is 2.83. The van der Waals surface area contributed by atoms with Gasteiger partial charge in [-0.1, -0.05) is 0 Å². The number of rotatable bonds is 4. The monoisotopic (exact) mass is 285 g/mol. The van der Waals surface area contributed by atoms with Gasteiger partial charge in [0.1, 0.15) is 6.61 Å². The Morgan fingerprint density at radius 2 is 1.70 bits per heavy atom. The van der Waals surface area contributed by atoms with Crippen molar-refractivity contribution >= 4 is 5.97 Å². The summed E-state index contributed by atoms with van der Waals surface area (Å²) in [5.41, 5.74) is -0.699. The highest BCUT2D eigenvalue weighted by molar-refractivity contribution is 5.65. The highest BCUT2D eigenvalue weighted by Crippen LogP contribution is 2.44. The van der Waals surface area contributed by atoms with Crippen LogP contribution < -0.4 is 0 Å². The van der Waals surface area contributed by atoms with Gasteiger partial charge in [0.05, 0.1) is 5.60 Å². The number of likely N-dealkylation sites (tertiary alicyclic amines) is 1. The number of esters is 1. The molecular formula is C16H31NO3. The van der Waals surface area contributed by atoms with Gasteiger partial charge in [0, 0.05) is 24.5 Å². The van der Waals surface area contributed by atoms with Crippen LogP contribution in [0.2, 0.25) is 0 Å². The van der Waals surface area contributed by atoms with E-state index in [4.69, 9.17) is 4.74 Å². The summed E-state index contributed by atoms with van der Waals surface area (Å²) in [5, 5.41) is 10.4. The molecule has 4 nitrogen and oxygen atoms in total. The van der Waals surface area contributed by atoms with E-state index in [-0.39, 0.29) is 23.0 Å². The predicted octanol–water partition coefficient (Wildman–Crippen LogP) is 2.59. The van der Waals surface area contributed by atoms with E-state index >= 15 is 0 Å². The van der Waals surface area contributed by atoms with Crippen LogP contribution >= 0.6 is 0 Å². The fraction of sp³-hybridized carbons (Fsp3) is 0.938. The summed E-state index contributed by atoms with van der Waals surface area (Å²) in [6.07, 6.45) is 1.89. The van der Waals surface area contributed by atoms with Crippen LogP contribution in [-0.2, 0) is 9.53 Å². The van der Waals surface area contributed by atoms with Gasteiger partial charge in [-0.3, -0.25) is 9.69 Å². The highest BCUT2D eigenvalue weighted by Gasteiger charge is 2.48. The smallest absolute Gasteiger partial charge is 0.302 e. The van der Waals surface area contributed by atoms with Gasteiger partial charge in [-0.05, 0) is 60.3 Å². The summed E-state index contributed by atoms with van der Waals surface area (Å²) in [6, 6.07) is 0. The minimum Gasteiger partial charge on any atom is -0.465 e. The van der Waals surface area contributed by atoms with Crippen LogP contribution in [0.3, 0.4) is 0 Å². The Morgan fingerprint density at radius 1 is 1.25 bits per heavy atom. The Kier molecular flexibility index (Phi) is 4.92. The van der Waals surface area contributed by atoms with E-state index in [2.05, 4.69) is 32.6 Å². The highest BCUT2D eigenvalue weighted by atomic mass is 16.5. The van der Waals surface area contributed by atoms with Crippen molar-refractivity contribution in [2.45, 2.75) is 78.0 Å². The van der Waals surface area contributed by atoms with Gasteiger partial charge in [0.15, 0.2) is 0 Å². The van der Waals surface area contributed by atoms with Gasteiger partial charge in [-0.15, -0.1) is 0 Å². The summed E-state index contributed by atoms with van der Waals surface area (Å²) in [5.74, 6) is 0.0458. The van der Waals surface area contributed by atoms with E-state index in [0.717, 1.165) is 19.4 Å². The molecule has 0 atom stereocenters. The van der Waals surface area contributed by atoms with Crippen molar-refractivity contribution in [3.8, 4) is 0 Å². The Labute approximate surface area is 123 Å². The van der Waals surface area contributed by atoms with Crippen molar-refractivity contribution in [1.82, 2.24) is 4.90 Å². The van der Waals surface area contributed by atoms with E-state index in [0.29, 0.717) is 6.61 Å². The lowest BCUT2D eigenvalue weighted by Crippen LogP contribution is -2.63. The molecule has 0 spiro atoms. The zero-order valence-electron chi connectivity index (χ0n) is 14.1. The van der Waals surface area contributed by atoms with E-state index in [1.807, 2.05) is 13.8 Å². The van der Waals surface area contributed by atoms with Crippen LogP contribution in [0, 0.1) is 5.92 Å². The van der Waals surface area contributed by atoms with Crippen LogP contribution in [0.1, 0.15) is 61.3 Å². The summed E-state index contributed by atoms with van der Waals surface area (Å²) < 4.78 is 5.10. The maximum Gasteiger partial charge on any atom is 0.302 e. The van der Waals surface area contributed by atoms with Gasteiger partial charge in [0.2, 0.25) is 0 Å². The molecule has 1 aliphatic heterocycles. The first kappa shape index (κ1) is 17.4. The van der Waals surface area contributed by atoms with E-state index in [1.165, 1.54) is 6.92 Å². The van der Waals surface area contributed by atoms with Crippen molar-refractivity contribution in [2.75, 3.05) is 13.2 Å². The van der Waals surface area contributed by atoms with Gasteiger partial charge in [-0.2, -0.15) is 0 Å². The maximum atomic E-state index is 10.9. The topological polar surface area (TPSA) is 49.8 Å². The van der Waals surface area contributed by atoms with Crippen LogP contribution in [-0.4, -0.2) is 45.8 Å². The Morgan fingerprint density at radius 3 is 2.05 bits per heavy atom. The molecule has 0 amide bonds. The molecule has 1 rings (SSSR count). The van der Waals surface area contributed by atoms with Crippen molar-refractivity contribution in [1.29, 1.82) is 0 Å². The van der Waals surface area contributed by atoms with Gasteiger partial charge < -0.3 is 9.84 Å². The van der Waals surface area contributed by atoms with Crippen molar-refractivity contribution in [2.24, 2.45) is 5.92 Å². The molecule has 0 aromatic carbocycles. The third kappa shape index (κ3) is 4.19. The van der Waals surface area contributed by atoms with E-state index in [9.17, 15) is 9.90 Å². The van der Waals surface area contributed by atoms with E-state index in [1.54, 1.807) is 0 Å². The zero-order chi connectivity index (χ0) is 15.8. The second-order valence-electron chi connectivity index (χ2n) is 7.88. The molecule has 1 saturated heterocycles. The molecule has 1 aliphatic rings. The first-order valence-corrected chi connectivity index (χ1v) is 7.50. The van der Waals surface area contributed by atoms with Crippen molar-refractivity contribution < 1.29 is 14.6 Å². The summed E-state index contributed by atoms with van der Waals surface area (Å²) >= 11 is 0. The molecule has 0 radical (unpaired) electrons. The third-order valence-corrected chi connectivity index (χ3v) is 4.57. The molecular weight excluding hydrogens is 254 g/mol. The lowest BCUT2D eigenvalue weighted by atomic mass is 9.68. The normalized spacial score (nSPS) is 23.6. The fourth-order valence-electron chi connectivity index (χ4n) is 3.70. The van der Waals surface area contributed by atoms with Gasteiger partial charge in [0.25, 0.3) is 0 Å². The first-order valence-electron chi connectivity index (χ1n) is 7.50. The van der Waals surface area contributed by atoms with E-state index < -0.39 is 5.60 Å². The molecule has 0 saturated carbocycles. The molecule has 20 heavy (non-hydrogen) atoms. The Hall–Kier alpha value is -0.610. The van der Waals surface area contributed by atoms with Gasteiger partial charge >= 0.3 is 5.97 Å². The molecule has 0 aliphatic carbocycles. The van der Waals surface area contributed by atoms with Crippen LogP contribution in [0.4, 0.5) is 0 Å². The SMILES string of the molecule is CC(=O)OCCN1C(C)(C)CC(C(C)(C)O)CC1(C)C. The number of hydrogen-bond acceptors (Lipinski definition) is 4. The minimum absolute atomic E-state index is 0.0213. The standard InChI is InChI=1S/C16H31NO3/c1-12(18)20-9-8-17-14(2,3)10-13(16(6,7)19)11-15(17,4)5/h13,19H,8-11H2,1-7H3. The Bertz CT molecular complexity index is 337. The second kappa shape index (κ2) is 5.64. The quantitative estimate of drug-likeness (QED) is 0.807. The van der Waals surface area contributed by atoms with Crippen LogP contribution in [0.5, 0.6) is 0 Å². The summed E-state index contributed by atoms with van der Waals surface area (Å²) in [7, 11) is 0. The fourth-order valence-corrected chi connectivity index (χ4v) is 3.70. The average Bonchev–Trinajstić information content (AvgIpc) is 2.18. The lowest BCUT2D eigenvalue weighted by molar-refractivity contribution is -0.145. The molecule has 1 N–H and O–H groups in total. The average molecular weight is 285 g/mol. The minimum atomic E-state index is -0.656. The van der Waals surface area contributed by atoms with Crippen LogP contribution in [0.25, 0.3) is 0 Å². The molecule has 118 valence electrons. The molecule has 0 unspecified atom stereocenters. The first-order chi connectivity index (χ1) is 8.86. The zero-order valence-corrected chi connectivity index (χ0v) is 14.1. The number of nitrogens with zero attached hydrogens (tertiary/aromatic N) is 1.